The summed E-state index contributed by atoms with van der Waals surface area (Å²) in [5.74, 6) is 0.664. The second kappa shape index (κ2) is 4.18. The van der Waals surface area contributed by atoms with Gasteiger partial charge < -0.3 is 9.80 Å². The molecule has 1 unspecified atom stereocenters. The van der Waals surface area contributed by atoms with Gasteiger partial charge >= 0.3 is 0 Å². The summed E-state index contributed by atoms with van der Waals surface area (Å²) >= 11 is 0. The van der Waals surface area contributed by atoms with Gasteiger partial charge in [0.1, 0.15) is 0 Å². The van der Waals surface area contributed by atoms with Crippen molar-refractivity contribution in [2.75, 3.05) is 33.2 Å². The molecule has 3 nitrogen and oxygen atoms in total. The van der Waals surface area contributed by atoms with Gasteiger partial charge in [-0.1, -0.05) is 20.8 Å². The Labute approximate surface area is 87.3 Å². The standard InChI is InChI=1S/C11H21N3/c1-5-13(4)6-10(2)11(3)7-14(8-11)9-12/h10H,5-8H2,1-4H3. The predicted octanol–water partition coefficient (Wildman–Crippen LogP) is 1.38. The molecule has 1 aliphatic rings. The summed E-state index contributed by atoms with van der Waals surface area (Å²) in [5.41, 5.74) is 0.346. The van der Waals surface area contributed by atoms with E-state index < -0.39 is 0 Å². The lowest BCUT2D eigenvalue weighted by atomic mass is 9.72. The molecule has 1 aliphatic heterocycles. The first-order chi connectivity index (χ1) is 6.51. The van der Waals surface area contributed by atoms with E-state index in [-0.39, 0.29) is 0 Å². The van der Waals surface area contributed by atoms with Gasteiger partial charge in [-0.05, 0) is 19.5 Å². The van der Waals surface area contributed by atoms with Crippen LogP contribution in [0.25, 0.3) is 0 Å². The van der Waals surface area contributed by atoms with Crippen molar-refractivity contribution in [2.45, 2.75) is 20.8 Å². The van der Waals surface area contributed by atoms with Crippen molar-refractivity contribution in [3.05, 3.63) is 0 Å². The van der Waals surface area contributed by atoms with Crippen LogP contribution in [0, 0.1) is 22.8 Å². The van der Waals surface area contributed by atoms with Crippen LogP contribution in [0.15, 0.2) is 0 Å². The zero-order valence-corrected chi connectivity index (χ0v) is 9.75. The maximum absolute atomic E-state index is 8.69. The van der Waals surface area contributed by atoms with Crippen LogP contribution in [0.1, 0.15) is 20.8 Å². The average Bonchev–Trinajstić information content (AvgIpc) is 2.12. The molecule has 0 bridgehead atoms. The number of hydrogen-bond donors (Lipinski definition) is 0. The molecule has 14 heavy (non-hydrogen) atoms. The van der Waals surface area contributed by atoms with Crippen LogP contribution in [0.3, 0.4) is 0 Å². The van der Waals surface area contributed by atoms with Crippen molar-refractivity contribution in [2.24, 2.45) is 11.3 Å². The maximum Gasteiger partial charge on any atom is 0.179 e. The van der Waals surface area contributed by atoms with E-state index in [1.807, 2.05) is 4.90 Å². The minimum atomic E-state index is 0.346. The molecule has 0 spiro atoms. The van der Waals surface area contributed by atoms with Gasteiger partial charge in [0, 0.05) is 25.0 Å². The Hall–Kier alpha value is -0.750. The van der Waals surface area contributed by atoms with Crippen LogP contribution in [0.5, 0.6) is 0 Å². The number of hydrogen-bond acceptors (Lipinski definition) is 3. The molecule has 0 aromatic heterocycles. The smallest absolute Gasteiger partial charge is 0.179 e. The van der Waals surface area contributed by atoms with E-state index in [0.29, 0.717) is 11.3 Å². The Morgan fingerprint density at radius 3 is 2.57 bits per heavy atom. The lowest BCUT2D eigenvalue weighted by molar-refractivity contribution is 0.00241. The molecule has 3 heteroatoms. The van der Waals surface area contributed by atoms with Crippen molar-refractivity contribution in [1.82, 2.24) is 9.80 Å². The minimum Gasteiger partial charge on any atom is -0.309 e. The van der Waals surface area contributed by atoms with Crippen LogP contribution in [0.2, 0.25) is 0 Å². The van der Waals surface area contributed by atoms with E-state index in [1.54, 1.807) is 0 Å². The van der Waals surface area contributed by atoms with E-state index in [1.165, 1.54) is 0 Å². The van der Waals surface area contributed by atoms with Crippen LogP contribution in [0.4, 0.5) is 0 Å². The summed E-state index contributed by atoms with van der Waals surface area (Å²) in [5, 5.41) is 8.69. The lowest BCUT2D eigenvalue weighted by Crippen LogP contribution is -2.57. The second-order valence-corrected chi connectivity index (χ2v) is 4.87. The Kier molecular flexibility index (Phi) is 3.38. The fourth-order valence-electron chi connectivity index (χ4n) is 2.03. The highest BCUT2D eigenvalue weighted by molar-refractivity contribution is 5.00. The number of rotatable bonds is 4. The molecule has 1 fully saturated rings. The third-order valence-electron chi connectivity index (χ3n) is 3.56. The fraction of sp³-hybridized carbons (Fsp3) is 0.909. The van der Waals surface area contributed by atoms with Gasteiger partial charge in [-0.2, -0.15) is 5.26 Å². The third kappa shape index (κ3) is 2.19. The van der Waals surface area contributed by atoms with Gasteiger partial charge in [-0.25, -0.2) is 0 Å². The molecule has 80 valence electrons. The van der Waals surface area contributed by atoms with Crippen molar-refractivity contribution >= 4 is 0 Å². The summed E-state index contributed by atoms with van der Waals surface area (Å²) in [4.78, 5) is 4.17. The molecule has 1 saturated heterocycles. The average molecular weight is 195 g/mol. The highest BCUT2D eigenvalue weighted by atomic mass is 15.2. The summed E-state index contributed by atoms with van der Waals surface area (Å²) < 4.78 is 0. The van der Waals surface area contributed by atoms with Gasteiger partial charge in [0.05, 0.1) is 0 Å². The van der Waals surface area contributed by atoms with Crippen LogP contribution < -0.4 is 0 Å². The Morgan fingerprint density at radius 1 is 1.57 bits per heavy atom. The number of nitrogens with zero attached hydrogens (tertiary/aromatic N) is 3. The topological polar surface area (TPSA) is 30.3 Å². The minimum absolute atomic E-state index is 0.346. The molecule has 0 radical (unpaired) electrons. The van der Waals surface area contributed by atoms with Crippen LogP contribution >= 0.6 is 0 Å². The normalized spacial score (nSPS) is 21.6. The Balaban J connectivity index is 2.39. The van der Waals surface area contributed by atoms with E-state index in [0.717, 1.165) is 26.2 Å². The van der Waals surface area contributed by atoms with E-state index in [9.17, 15) is 0 Å². The summed E-state index contributed by atoms with van der Waals surface area (Å²) in [6.45, 7) is 10.9. The zero-order valence-electron chi connectivity index (χ0n) is 9.75. The van der Waals surface area contributed by atoms with Crippen molar-refractivity contribution < 1.29 is 0 Å². The monoisotopic (exact) mass is 195 g/mol. The maximum atomic E-state index is 8.69. The molecule has 0 N–H and O–H groups in total. The SMILES string of the molecule is CCN(C)CC(C)C1(C)CN(C#N)C1. The predicted molar refractivity (Wildman–Crippen MR) is 57.6 cm³/mol. The molecule has 0 aromatic carbocycles. The van der Waals surface area contributed by atoms with Crippen LogP contribution in [-0.4, -0.2) is 43.0 Å². The first kappa shape index (κ1) is 11.3. The molecule has 0 aliphatic carbocycles. The molecule has 0 amide bonds. The Morgan fingerprint density at radius 2 is 2.14 bits per heavy atom. The zero-order chi connectivity index (χ0) is 10.8. The van der Waals surface area contributed by atoms with E-state index in [2.05, 4.69) is 38.9 Å². The number of likely N-dealkylation sites (tertiary alicyclic amines) is 1. The highest BCUT2D eigenvalue weighted by Gasteiger charge is 2.42. The first-order valence-corrected chi connectivity index (χ1v) is 5.35. The van der Waals surface area contributed by atoms with Gasteiger partial charge in [0.15, 0.2) is 6.19 Å². The molecule has 1 atom stereocenters. The highest BCUT2D eigenvalue weighted by Crippen LogP contribution is 2.37. The van der Waals surface area contributed by atoms with Gasteiger partial charge in [-0.15, -0.1) is 0 Å². The second-order valence-electron chi connectivity index (χ2n) is 4.87. The largest absolute Gasteiger partial charge is 0.309 e. The van der Waals surface area contributed by atoms with Gasteiger partial charge in [0.25, 0.3) is 0 Å². The molecule has 0 aromatic rings. The molecule has 1 rings (SSSR count). The van der Waals surface area contributed by atoms with E-state index >= 15 is 0 Å². The summed E-state index contributed by atoms with van der Waals surface area (Å²) in [6.07, 6.45) is 2.20. The van der Waals surface area contributed by atoms with Gasteiger partial charge in [0.2, 0.25) is 0 Å². The van der Waals surface area contributed by atoms with Gasteiger partial charge in [-0.3, -0.25) is 0 Å². The fourth-order valence-corrected chi connectivity index (χ4v) is 2.03. The summed E-state index contributed by atoms with van der Waals surface area (Å²) in [7, 11) is 2.15. The molecule has 0 saturated carbocycles. The van der Waals surface area contributed by atoms with Crippen LogP contribution in [-0.2, 0) is 0 Å². The molecular weight excluding hydrogens is 174 g/mol. The summed E-state index contributed by atoms with van der Waals surface area (Å²) in [6, 6.07) is 0. The Bertz CT molecular complexity index is 225. The lowest BCUT2D eigenvalue weighted by Gasteiger charge is -2.49. The van der Waals surface area contributed by atoms with Crippen molar-refractivity contribution in [3.63, 3.8) is 0 Å². The first-order valence-electron chi connectivity index (χ1n) is 5.35. The van der Waals surface area contributed by atoms with Crippen molar-refractivity contribution in [1.29, 1.82) is 5.26 Å². The quantitative estimate of drug-likeness (QED) is 0.635. The molecular formula is C11H21N3. The number of nitriles is 1. The third-order valence-corrected chi connectivity index (χ3v) is 3.56. The van der Waals surface area contributed by atoms with Crippen molar-refractivity contribution in [3.8, 4) is 6.19 Å². The molecule has 1 heterocycles. The van der Waals surface area contributed by atoms with E-state index in [4.69, 9.17) is 5.26 Å².